The highest BCUT2D eigenvalue weighted by molar-refractivity contribution is 7.99. The van der Waals surface area contributed by atoms with E-state index < -0.39 is 0 Å². The Morgan fingerprint density at radius 3 is 2.59 bits per heavy atom. The van der Waals surface area contributed by atoms with E-state index in [4.69, 9.17) is 23.2 Å². The molecule has 0 radical (unpaired) electrons. The number of carbonyl (C=O) groups is 1. The Hall–Kier alpha value is -1.24. The van der Waals surface area contributed by atoms with Gasteiger partial charge in [-0.1, -0.05) is 41.9 Å². The second-order valence-electron chi connectivity index (χ2n) is 4.68. The standard InChI is InChI=1S/C14H16Cl2N4OS/c1-3-4-20-9(2)18-19-14(20)22-8-13(21)17-12-6-10(15)5-11(16)7-12/h5-7H,3-4,8H2,1-2H3,(H,17,21). The molecule has 0 aliphatic carbocycles. The van der Waals surface area contributed by atoms with Gasteiger partial charge in [-0.3, -0.25) is 4.79 Å². The van der Waals surface area contributed by atoms with Gasteiger partial charge in [-0.25, -0.2) is 0 Å². The van der Waals surface area contributed by atoms with Crippen molar-refractivity contribution in [3.63, 3.8) is 0 Å². The largest absolute Gasteiger partial charge is 0.325 e. The average molecular weight is 359 g/mol. The maximum atomic E-state index is 12.0. The van der Waals surface area contributed by atoms with Crippen molar-refractivity contribution in [1.29, 1.82) is 0 Å². The van der Waals surface area contributed by atoms with Crippen LogP contribution in [0.3, 0.4) is 0 Å². The van der Waals surface area contributed by atoms with E-state index in [1.807, 2.05) is 11.5 Å². The predicted molar refractivity (Wildman–Crippen MR) is 90.9 cm³/mol. The number of amides is 1. The second kappa shape index (κ2) is 7.85. The number of nitrogens with one attached hydrogen (secondary N) is 1. The summed E-state index contributed by atoms with van der Waals surface area (Å²) in [6.45, 7) is 4.83. The maximum Gasteiger partial charge on any atom is 0.234 e. The number of nitrogens with zero attached hydrogens (tertiary/aromatic N) is 3. The summed E-state index contributed by atoms with van der Waals surface area (Å²) in [7, 11) is 0. The van der Waals surface area contributed by atoms with Crippen molar-refractivity contribution in [2.45, 2.75) is 32.0 Å². The van der Waals surface area contributed by atoms with Crippen LogP contribution < -0.4 is 5.32 Å². The van der Waals surface area contributed by atoms with E-state index in [9.17, 15) is 4.79 Å². The first-order valence-electron chi connectivity index (χ1n) is 6.78. The summed E-state index contributed by atoms with van der Waals surface area (Å²) in [6.07, 6.45) is 0.986. The van der Waals surface area contributed by atoms with Gasteiger partial charge in [0.15, 0.2) is 5.16 Å². The zero-order valence-electron chi connectivity index (χ0n) is 12.3. The molecule has 0 aliphatic rings. The van der Waals surface area contributed by atoms with E-state index in [0.717, 1.165) is 23.9 Å². The number of carbonyl (C=O) groups excluding carboxylic acids is 1. The van der Waals surface area contributed by atoms with Crippen molar-refractivity contribution >= 4 is 46.6 Å². The zero-order valence-corrected chi connectivity index (χ0v) is 14.6. The molecule has 1 amide bonds. The summed E-state index contributed by atoms with van der Waals surface area (Å²) in [5, 5.41) is 12.6. The van der Waals surface area contributed by atoms with Gasteiger partial charge in [0.05, 0.1) is 5.75 Å². The molecule has 1 N–H and O–H groups in total. The van der Waals surface area contributed by atoms with Crippen LogP contribution in [0.4, 0.5) is 5.69 Å². The van der Waals surface area contributed by atoms with E-state index in [0.29, 0.717) is 15.7 Å². The van der Waals surface area contributed by atoms with Gasteiger partial charge in [0.25, 0.3) is 0 Å². The number of aromatic nitrogens is 3. The van der Waals surface area contributed by atoms with E-state index in [2.05, 4.69) is 22.4 Å². The molecule has 2 rings (SSSR count). The number of benzene rings is 1. The zero-order chi connectivity index (χ0) is 16.1. The Morgan fingerprint density at radius 2 is 1.95 bits per heavy atom. The summed E-state index contributed by atoms with van der Waals surface area (Å²) in [5.41, 5.74) is 0.578. The lowest BCUT2D eigenvalue weighted by Gasteiger charge is -2.08. The third-order valence-corrected chi connectivity index (χ3v) is 4.23. The Labute approximate surface area is 143 Å². The van der Waals surface area contributed by atoms with Gasteiger partial charge in [-0.2, -0.15) is 0 Å². The lowest BCUT2D eigenvalue weighted by atomic mass is 10.3. The van der Waals surface area contributed by atoms with Crippen molar-refractivity contribution in [3.8, 4) is 0 Å². The van der Waals surface area contributed by atoms with Crippen LogP contribution in [0.1, 0.15) is 19.2 Å². The lowest BCUT2D eigenvalue weighted by molar-refractivity contribution is -0.113. The monoisotopic (exact) mass is 358 g/mol. The van der Waals surface area contributed by atoms with Crippen molar-refractivity contribution in [2.24, 2.45) is 0 Å². The molecule has 1 heterocycles. The molecular formula is C14H16Cl2N4OS. The highest BCUT2D eigenvalue weighted by atomic mass is 35.5. The Kier molecular flexibility index (Phi) is 6.11. The first kappa shape index (κ1) is 17.1. The molecule has 0 atom stereocenters. The van der Waals surface area contributed by atoms with E-state index in [-0.39, 0.29) is 11.7 Å². The van der Waals surface area contributed by atoms with Gasteiger partial charge in [0, 0.05) is 22.3 Å². The van der Waals surface area contributed by atoms with E-state index in [1.165, 1.54) is 11.8 Å². The fourth-order valence-corrected chi connectivity index (χ4v) is 3.24. The van der Waals surface area contributed by atoms with Crippen LogP contribution in [0.15, 0.2) is 23.4 Å². The molecule has 2 aromatic rings. The second-order valence-corrected chi connectivity index (χ2v) is 6.49. The molecule has 5 nitrogen and oxygen atoms in total. The van der Waals surface area contributed by atoms with Crippen molar-refractivity contribution in [3.05, 3.63) is 34.1 Å². The summed E-state index contributed by atoms with van der Waals surface area (Å²) in [6, 6.07) is 4.92. The minimum absolute atomic E-state index is 0.146. The number of hydrogen-bond donors (Lipinski definition) is 1. The smallest absolute Gasteiger partial charge is 0.234 e. The van der Waals surface area contributed by atoms with Gasteiger partial charge in [0.1, 0.15) is 5.82 Å². The molecule has 22 heavy (non-hydrogen) atoms. The number of hydrogen-bond acceptors (Lipinski definition) is 4. The Morgan fingerprint density at radius 1 is 1.27 bits per heavy atom. The third-order valence-electron chi connectivity index (χ3n) is 2.83. The lowest BCUT2D eigenvalue weighted by Crippen LogP contribution is -2.14. The SMILES string of the molecule is CCCn1c(C)nnc1SCC(=O)Nc1cc(Cl)cc(Cl)c1. The molecule has 0 fully saturated rings. The molecule has 0 saturated carbocycles. The Bertz CT molecular complexity index is 655. The van der Waals surface area contributed by atoms with Crippen LogP contribution in [0.5, 0.6) is 0 Å². The number of rotatable bonds is 6. The third kappa shape index (κ3) is 4.63. The van der Waals surface area contributed by atoms with Crippen LogP contribution in [-0.4, -0.2) is 26.4 Å². The van der Waals surface area contributed by atoms with Crippen molar-refractivity contribution in [1.82, 2.24) is 14.8 Å². The first-order chi connectivity index (χ1) is 10.5. The van der Waals surface area contributed by atoms with Crippen molar-refractivity contribution < 1.29 is 4.79 Å². The van der Waals surface area contributed by atoms with Crippen LogP contribution in [-0.2, 0) is 11.3 Å². The van der Waals surface area contributed by atoms with E-state index in [1.54, 1.807) is 18.2 Å². The van der Waals surface area contributed by atoms with Gasteiger partial charge < -0.3 is 9.88 Å². The highest BCUT2D eigenvalue weighted by Crippen LogP contribution is 2.23. The van der Waals surface area contributed by atoms with Crippen LogP contribution >= 0.6 is 35.0 Å². The normalized spacial score (nSPS) is 10.7. The Balaban J connectivity index is 1.95. The summed E-state index contributed by atoms with van der Waals surface area (Å²) < 4.78 is 2.01. The molecule has 0 bridgehead atoms. The molecular weight excluding hydrogens is 343 g/mol. The summed E-state index contributed by atoms with van der Waals surface area (Å²) in [5.74, 6) is 0.949. The van der Waals surface area contributed by atoms with Crippen LogP contribution in [0.25, 0.3) is 0 Å². The maximum absolute atomic E-state index is 12.0. The molecule has 1 aromatic carbocycles. The molecule has 0 aliphatic heterocycles. The van der Waals surface area contributed by atoms with Gasteiger partial charge >= 0.3 is 0 Å². The predicted octanol–water partition coefficient (Wildman–Crippen LogP) is 4.03. The number of aryl methyl sites for hydroxylation is 1. The number of thioether (sulfide) groups is 1. The highest BCUT2D eigenvalue weighted by Gasteiger charge is 2.11. The molecule has 0 unspecified atom stereocenters. The molecule has 118 valence electrons. The molecule has 1 aromatic heterocycles. The first-order valence-corrected chi connectivity index (χ1v) is 8.52. The van der Waals surface area contributed by atoms with E-state index >= 15 is 0 Å². The average Bonchev–Trinajstić information content (AvgIpc) is 2.77. The minimum atomic E-state index is -0.146. The van der Waals surface area contributed by atoms with Gasteiger partial charge in [-0.05, 0) is 31.5 Å². The molecule has 8 heteroatoms. The molecule has 0 saturated heterocycles. The van der Waals surface area contributed by atoms with Gasteiger partial charge in [0.2, 0.25) is 5.91 Å². The van der Waals surface area contributed by atoms with Gasteiger partial charge in [-0.15, -0.1) is 10.2 Å². The van der Waals surface area contributed by atoms with Crippen molar-refractivity contribution in [2.75, 3.05) is 11.1 Å². The van der Waals surface area contributed by atoms with Crippen LogP contribution in [0, 0.1) is 6.92 Å². The minimum Gasteiger partial charge on any atom is -0.325 e. The number of anilines is 1. The fourth-order valence-electron chi connectivity index (χ4n) is 1.90. The summed E-state index contributed by atoms with van der Waals surface area (Å²) >= 11 is 13.2. The number of halogens is 2. The molecule has 0 spiro atoms. The quantitative estimate of drug-likeness (QED) is 0.791. The fraction of sp³-hybridized carbons (Fsp3) is 0.357. The topological polar surface area (TPSA) is 59.8 Å². The summed E-state index contributed by atoms with van der Waals surface area (Å²) in [4.78, 5) is 12.0. The van der Waals surface area contributed by atoms with Crippen LogP contribution in [0.2, 0.25) is 10.0 Å².